The first-order chi connectivity index (χ1) is 13.5. The van der Waals surface area contributed by atoms with Crippen LogP contribution in [-0.4, -0.2) is 42.9 Å². The lowest BCUT2D eigenvalue weighted by atomic mass is 10.1. The summed E-state index contributed by atoms with van der Waals surface area (Å²) in [7, 11) is -5.67. The molecule has 0 N–H and O–H groups in total. The molecule has 1 fully saturated rings. The molecule has 10 heteroatoms. The minimum absolute atomic E-state index is 0.210. The molecule has 0 bridgehead atoms. The van der Waals surface area contributed by atoms with Crippen LogP contribution in [0.1, 0.15) is 26.7 Å². The Hall–Kier alpha value is -1.49. The van der Waals surface area contributed by atoms with E-state index in [2.05, 4.69) is 36.4 Å². The predicted molar refractivity (Wildman–Crippen MR) is 106 cm³/mol. The van der Waals surface area contributed by atoms with Crippen molar-refractivity contribution in [2.45, 2.75) is 43.4 Å². The number of fused-ring (bicyclic) bond motifs is 1. The Balaban J connectivity index is 0.000000321. The molecule has 0 radical (unpaired) electrons. The molecule has 3 rings (SSSR count). The first-order valence-electron chi connectivity index (χ1n) is 9.04. The maximum absolute atomic E-state index is 10.7. The molecule has 1 heterocycles. The van der Waals surface area contributed by atoms with Crippen LogP contribution in [0.2, 0.25) is 0 Å². The van der Waals surface area contributed by atoms with Gasteiger partial charge in [-0.05, 0) is 44.9 Å². The van der Waals surface area contributed by atoms with Crippen molar-refractivity contribution in [3.05, 3.63) is 36.4 Å². The molecule has 0 aromatic heterocycles. The van der Waals surface area contributed by atoms with Crippen molar-refractivity contribution < 1.29 is 35.6 Å². The zero-order valence-electron chi connectivity index (χ0n) is 16.1. The molecular formula is C19H23F3O5S2. The third kappa shape index (κ3) is 6.50. The number of benzene rings is 2. The first-order valence-corrected chi connectivity index (χ1v) is 12.0. The minimum Gasteiger partial charge on any atom is -0.741 e. The highest BCUT2D eigenvalue weighted by molar-refractivity contribution is 7.97. The molecule has 0 spiro atoms. The molecule has 1 unspecified atom stereocenters. The second-order valence-corrected chi connectivity index (χ2v) is 9.87. The highest BCUT2D eigenvalue weighted by atomic mass is 32.2. The summed E-state index contributed by atoms with van der Waals surface area (Å²) in [5.41, 5.74) is -5.65. The number of hydrogen-bond donors (Lipinski definition) is 0. The summed E-state index contributed by atoms with van der Waals surface area (Å²) >= 11 is 0. The van der Waals surface area contributed by atoms with Gasteiger partial charge in [-0.15, -0.1) is 0 Å². The zero-order valence-corrected chi connectivity index (χ0v) is 17.7. The Kier molecular flexibility index (Phi) is 8.21. The molecule has 2 aromatic carbocycles. The highest BCUT2D eigenvalue weighted by Crippen LogP contribution is 2.35. The Labute approximate surface area is 171 Å². The van der Waals surface area contributed by atoms with Crippen LogP contribution in [-0.2, 0) is 25.7 Å². The van der Waals surface area contributed by atoms with Gasteiger partial charge in [0.05, 0.1) is 0 Å². The summed E-state index contributed by atoms with van der Waals surface area (Å²) < 4.78 is 70.4. The summed E-state index contributed by atoms with van der Waals surface area (Å²) in [6.07, 6.45) is 2.53. The standard InChI is InChI=1S/C18H23O2S.CHF3O3S/c1-3-19-14(2)20-17-10-11-18(21-12-6-7-13-21)16-9-5-4-8-15(16)17;2-1(3,4)8(5,6)7/h4-5,8-11,14H,3,6-7,12-13H2,1-2H3;(H,5,6,7)/q+1;/p-1. The Morgan fingerprint density at radius 1 is 1.10 bits per heavy atom. The summed E-state index contributed by atoms with van der Waals surface area (Å²) in [6, 6.07) is 13.0. The van der Waals surface area contributed by atoms with Gasteiger partial charge in [-0.25, -0.2) is 8.42 Å². The average Bonchev–Trinajstić information content (AvgIpc) is 3.15. The molecule has 1 aliphatic rings. The quantitative estimate of drug-likeness (QED) is 0.290. The van der Waals surface area contributed by atoms with Crippen LogP contribution in [0.3, 0.4) is 0 Å². The molecule has 0 aliphatic carbocycles. The van der Waals surface area contributed by atoms with E-state index in [0.717, 1.165) is 5.75 Å². The third-order valence-electron chi connectivity index (χ3n) is 4.16. The summed E-state index contributed by atoms with van der Waals surface area (Å²) in [5, 5.41) is 2.56. The molecule has 1 aliphatic heterocycles. The van der Waals surface area contributed by atoms with Gasteiger partial charge in [0.15, 0.2) is 21.3 Å². The fourth-order valence-electron chi connectivity index (χ4n) is 2.92. The SMILES string of the molecule is CCOC(C)Oc1ccc([S+]2CCCC2)c2ccccc12.O=S(=O)([O-])C(F)(F)F. The number of rotatable bonds is 5. The highest BCUT2D eigenvalue weighted by Gasteiger charge is 2.37. The van der Waals surface area contributed by atoms with E-state index in [4.69, 9.17) is 22.4 Å². The average molecular weight is 453 g/mol. The van der Waals surface area contributed by atoms with Crippen LogP contribution in [0.25, 0.3) is 10.8 Å². The molecule has 29 heavy (non-hydrogen) atoms. The van der Waals surface area contributed by atoms with Crippen LogP contribution in [0.4, 0.5) is 13.2 Å². The third-order valence-corrected chi connectivity index (χ3v) is 7.27. The van der Waals surface area contributed by atoms with Crippen LogP contribution in [0.15, 0.2) is 41.3 Å². The van der Waals surface area contributed by atoms with Crippen LogP contribution in [0.5, 0.6) is 5.75 Å². The maximum Gasteiger partial charge on any atom is 0.485 e. The predicted octanol–water partition coefficient (Wildman–Crippen LogP) is 4.42. The molecule has 162 valence electrons. The van der Waals surface area contributed by atoms with E-state index < -0.39 is 15.6 Å². The number of halogens is 3. The summed E-state index contributed by atoms with van der Waals surface area (Å²) in [5.74, 6) is 3.62. The van der Waals surface area contributed by atoms with Gasteiger partial charge in [-0.2, -0.15) is 13.2 Å². The molecule has 2 aromatic rings. The van der Waals surface area contributed by atoms with E-state index in [9.17, 15) is 13.2 Å². The van der Waals surface area contributed by atoms with Crippen molar-refractivity contribution in [2.75, 3.05) is 18.1 Å². The van der Waals surface area contributed by atoms with Crippen molar-refractivity contribution in [1.29, 1.82) is 0 Å². The van der Waals surface area contributed by atoms with Crippen molar-refractivity contribution in [3.8, 4) is 5.75 Å². The normalized spacial score (nSPS) is 16.3. The van der Waals surface area contributed by atoms with E-state index in [1.165, 1.54) is 40.0 Å². The molecule has 1 atom stereocenters. The van der Waals surface area contributed by atoms with E-state index in [-0.39, 0.29) is 6.29 Å². The van der Waals surface area contributed by atoms with E-state index >= 15 is 0 Å². The zero-order chi connectivity index (χ0) is 21.7. The molecule has 1 saturated heterocycles. The monoisotopic (exact) mass is 452 g/mol. The van der Waals surface area contributed by atoms with Gasteiger partial charge in [-0.3, -0.25) is 0 Å². The first kappa shape index (κ1) is 23.8. The van der Waals surface area contributed by atoms with Gasteiger partial charge >= 0.3 is 5.51 Å². The van der Waals surface area contributed by atoms with Gasteiger partial charge in [-0.1, -0.05) is 18.2 Å². The van der Waals surface area contributed by atoms with Gasteiger partial charge in [0.1, 0.15) is 17.3 Å². The smallest absolute Gasteiger partial charge is 0.485 e. The number of alkyl halides is 3. The van der Waals surface area contributed by atoms with Crippen LogP contribution >= 0.6 is 0 Å². The summed E-state index contributed by atoms with van der Waals surface area (Å²) in [4.78, 5) is 1.51. The fraction of sp³-hybridized carbons (Fsp3) is 0.474. The van der Waals surface area contributed by atoms with Gasteiger partial charge in [0, 0.05) is 28.3 Å². The van der Waals surface area contributed by atoms with Crippen LogP contribution in [0, 0.1) is 0 Å². The van der Waals surface area contributed by atoms with Crippen molar-refractivity contribution in [1.82, 2.24) is 0 Å². The van der Waals surface area contributed by atoms with E-state index in [1.54, 1.807) is 0 Å². The maximum atomic E-state index is 10.7. The van der Waals surface area contributed by atoms with E-state index in [1.807, 2.05) is 13.8 Å². The van der Waals surface area contributed by atoms with Crippen molar-refractivity contribution in [3.63, 3.8) is 0 Å². The van der Waals surface area contributed by atoms with Crippen molar-refractivity contribution in [2.24, 2.45) is 0 Å². The topological polar surface area (TPSA) is 75.7 Å². The molecular weight excluding hydrogens is 429 g/mol. The molecule has 0 amide bonds. The van der Waals surface area contributed by atoms with E-state index in [0.29, 0.717) is 17.5 Å². The van der Waals surface area contributed by atoms with Gasteiger partial charge < -0.3 is 14.0 Å². The minimum atomic E-state index is -6.09. The number of ether oxygens (including phenoxy) is 2. The summed E-state index contributed by atoms with van der Waals surface area (Å²) in [6.45, 7) is 4.60. The number of hydrogen-bond acceptors (Lipinski definition) is 5. The second-order valence-electron chi connectivity index (χ2n) is 6.26. The molecule has 0 saturated carbocycles. The Bertz CT molecular complexity index is 910. The lowest BCUT2D eigenvalue weighted by molar-refractivity contribution is -0.0605. The second kappa shape index (κ2) is 10.0. The molecule has 5 nitrogen and oxygen atoms in total. The lowest BCUT2D eigenvalue weighted by Crippen LogP contribution is -2.21. The van der Waals surface area contributed by atoms with Crippen LogP contribution < -0.4 is 4.74 Å². The fourth-order valence-corrected chi connectivity index (χ4v) is 5.42. The van der Waals surface area contributed by atoms with Crippen molar-refractivity contribution >= 4 is 31.8 Å². The Morgan fingerprint density at radius 3 is 2.17 bits per heavy atom. The largest absolute Gasteiger partial charge is 0.741 e. The van der Waals surface area contributed by atoms with Gasteiger partial charge in [0.2, 0.25) is 0 Å². The Morgan fingerprint density at radius 2 is 1.66 bits per heavy atom. The van der Waals surface area contributed by atoms with Gasteiger partial charge in [0.25, 0.3) is 0 Å². The lowest BCUT2D eigenvalue weighted by Gasteiger charge is -2.16.